The molecule has 1 fully saturated rings. The van der Waals surface area contributed by atoms with Gasteiger partial charge in [0.2, 0.25) is 11.8 Å². The molecule has 2 N–H and O–H groups in total. The van der Waals surface area contributed by atoms with E-state index in [1.165, 1.54) is 25.7 Å². The van der Waals surface area contributed by atoms with Gasteiger partial charge in [-0.1, -0.05) is 37.3 Å². The van der Waals surface area contributed by atoms with Crippen LogP contribution in [0.1, 0.15) is 75.3 Å². The second-order valence-electron chi connectivity index (χ2n) is 10.5. The molecular formula is C32H38F2N6O2. The summed E-state index contributed by atoms with van der Waals surface area (Å²) in [6.45, 7) is 6.45. The van der Waals surface area contributed by atoms with E-state index in [0.717, 1.165) is 54.3 Å². The Morgan fingerprint density at radius 2 is 1.83 bits per heavy atom. The fourth-order valence-electron chi connectivity index (χ4n) is 4.43. The molecule has 0 saturated heterocycles. The lowest BCUT2D eigenvalue weighted by atomic mass is 10.1. The van der Waals surface area contributed by atoms with Crippen LogP contribution in [0.2, 0.25) is 0 Å². The van der Waals surface area contributed by atoms with Crippen LogP contribution in [0.4, 0.5) is 8.78 Å². The maximum atomic E-state index is 13.8. The van der Waals surface area contributed by atoms with Gasteiger partial charge < -0.3 is 20.1 Å². The van der Waals surface area contributed by atoms with Crippen LogP contribution in [0.5, 0.6) is 11.8 Å². The average molecular weight is 577 g/mol. The van der Waals surface area contributed by atoms with Crippen LogP contribution in [0, 0.1) is 0 Å². The van der Waals surface area contributed by atoms with E-state index in [-0.39, 0.29) is 12.2 Å². The van der Waals surface area contributed by atoms with E-state index in [1.54, 1.807) is 25.3 Å². The van der Waals surface area contributed by atoms with Gasteiger partial charge in [0.25, 0.3) is 5.92 Å². The van der Waals surface area contributed by atoms with Gasteiger partial charge in [0.15, 0.2) is 5.82 Å². The zero-order valence-electron chi connectivity index (χ0n) is 25.0. The van der Waals surface area contributed by atoms with Gasteiger partial charge in [-0.2, -0.15) is 4.98 Å². The Morgan fingerprint density at radius 1 is 1.12 bits per heavy atom. The number of alkyl halides is 2. The maximum absolute atomic E-state index is 13.8. The molecular weight excluding hydrogens is 538 g/mol. The Kier molecular flexibility index (Phi) is 9.55. The van der Waals surface area contributed by atoms with Gasteiger partial charge in [-0.25, -0.2) is 23.7 Å². The van der Waals surface area contributed by atoms with E-state index < -0.39 is 5.92 Å². The van der Waals surface area contributed by atoms with Crippen molar-refractivity contribution in [3.8, 4) is 23.1 Å². The fourth-order valence-corrected chi connectivity index (χ4v) is 4.43. The second-order valence-corrected chi connectivity index (χ2v) is 10.5. The number of benzene rings is 1. The molecule has 2 aromatic heterocycles. The van der Waals surface area contributed by atoms with E-state index in [0.29, 0.717) is 34.6 Å². The van der Waals surface area contributed by atoms with E-state index in [1.807, 2.05) is 44.2 Å². The van der Waals surface area contributed by atoms with Crippen LogP contribution in [-0.4, -0.2) is 44.9 Å². The highest BCUT2D eigenvalue weighted by Crippen LogP contribution is 2.45. The molecule has 2 heterocycles. The van der Waals surface area contributed by atoms with Gasteiger partial charge in [-0.05, 0) is 56.0 Å². The Labute approximate surface area is 246 Å². The number of rotatable bonds is 12. The first-order valence-corrected chi connectivity index (χ1v) is 13.9. The molecule has 1 aliphatic rings. The van der Waals surface area contributed by atoms with Crippen LogP contribution in [0.15, 0.2) is 60.8 Å². The average Bonchev–Trinajstić information content (AvgIpc) is 3.83. The van der Waals surface area contributed by atoms with Crippen molar-refractivity contribution in [3.05, 3.63) is 83.2 Å². The Morgan fingerprint density at radius 3 is 2.43 bits per heavy atom. The highest BCUT2D eigenvalue weighted by Gasteiger charge is 2.31. The van der Waals surface area contributed by atoms with Gasteiger partial charge in [0.1, 0.15) is 18.5 Å². The van der Waals surface area contributed by atoms with Crippen LogP contribution in [-0.2, 0) is 6.61 Å². The number of nitrogens with zero attached hydrogens (tertiary/aromatic N) is 5. The third-order valence-corrected chi connectivity index (χ3v) is 7.13. The van der Waals surface area contributed by atoms with Crippen molar-refractivity contribution in [2.75, 3.05) is 14.2 Å². The molecule has 0 amide bonds. The zero-order chi connectivity index (χ0) is 30.4. The lowest BCUT2D eigenvalue weighted by molar-refractivity contribution is 0.0622. The molecule has 4 rings (SSSR count). The van der Waals surface area contributed by atoms with Crippen molar-refractivity contribution >= 4 is 11.3 Å². The van der Waals surface area contributed by atoms with Crippen LogP contribution >= 0.6 is 0 Å². The summed E-state index contributed by atoms with van der Waals surface area (Å²) in [6.07, 6.45) is 11.0. The molecule has 0 unspecified atom stereocenters. The summed E-state index contributed by atoms with van der Waals surface area (Å²) < 4.78 is 39.3. The molecule has 222 valence electrons. The number of ether oxygens (including phenoxy) is 2. The minimum atomic E-state index is -2.89. The summed E-state index contributed by atoms with van der Waals surface area (Å²) >= 11 is 0. The standard InChI is InChI=1S/C32H38F2N6O2/c1-7-8-26(40(5)17-21(3)32(4,33)34)23-11-9-22(10-12-23)18-42-30-25(20(2)15-35)16-36-29(39-30)27-28(24-13-14-24)37-19-38-31(27)41-6/h8-12,15-17,19,24H,7,13-14,18,35H2,1-6H3/b20-15+,21-17+,26-8?. The number of allylic oxidation sites excluding steroid dienone is 3. The summed E-state index contributed by atoms with van der Waals surface area (Å²) in [5.41, 5.74) is 11.4. The predicted molar refractivity (Wildman–Crippen MR) is 161 cm³/mol. The number of nitrogens with two attached hydrogens (primary N) is 1. The normalized spacial score (nSPS) is 14.6. The Hall–Kier alpha value is -4.34. The van der Waals surface area contributed by atoms with Crippen molar-refractivity contribution in [3.63, 3.8) is 0 Å². The van der Waals surface area contributed by atoms with Crippen molar-refractivity contribution < 1.29 is 18.3 Å². The van der Waals surface area contributed by atoms with E-state index >= 15 is 0 Å². The number of methoxy groups -OCH3 is 1. The smallest absolute Gasteiger partial charge is 0.268 e. The van der Waals surface area contributed by atoms with Crippen molar-refractivity contribution in [1.82, 2.24) is 24.8 Å². The lowest BCUT2D eigenvalue weighted by Crippen LogP contribution is -2.17. The summed E-state index contributed by atoms with van der Waals surface area (Å²) in [6, 6.07) is 7.81. The van der Waals surface area contributed by atoms with E-state index in [9.17, 15) is 8.78 Å². The molecule has 42 heavy (non-hydrogen) atoms. The van der Waals surface area contributed by atoms with Crippen LogP contribution in [0.3, 0.4) is 0 Å². The molecule has 0 atom stereocenters. The largest absolute Gasteiger partial charge is 0.480 e. The predicted octanol–water partition coefficient (Wildman–Crippen LogP) is 6.96. The molecule has 0 aliphatic heterocycles. The third-order valence-electron chi connectivity index (χ3n) is 7.13. The minimum Gasteiger partial charge on any atom is -0.480 e. The molecule has 8 nitrogen and oxygen atoms in total. The SMILES string of the molecule is CCC=C(c1ccc(COc2nc(-c3c(OC)ncnc3C3CC3)ncc2/C(C)=C/N)cc1)N(C)/C=C(\C)C(C)(F)F. The summed E-state index contributed by atoms with van der Waals surface area (Å²) in [7, 11) is 3.34. The van der Waals surface area contributed by atoms with Crippen molar-refractivity contribution in [2.45, 2.75) is 65.4 Å². The fraction of sp³-hybridized carbons (Fsp3) is 0.375. The van der Waals surface area contributed by atoms with E-state index in [2.05, 4.69) is 15.0 Å². The first-order valence-electron chi connectivity index (χ1n) is 13.9. The quantitative estimate of drug-likeness (QED) is 0.247. The molecule has 0 bridgehead atoms. The van der Waals surface area contributed by atoms with Gasteiger partial charge in [-0.3, -0.25) is 0 Å². The molecule has 1 saturated carbocycles. The molecule has 0 radical (unpaired) electrons. The number of hydrogen-bond donors (Lipinski definition) is 1. The first-order chi connectivity index (χ1) is 20.1. The van der Waals surface area contributed by atoms with Gasteiger partial charge in [-0.15, -0.1) is 0 Å². The first kappa shape index (κ1) is 30.6. The Bertz CT molecular complexity index is 1490. The molecule has 0 spiro atoms. The topological polar surface area (TPSA) is 99.3 Å². The van der Waals surface area contributed by atoms with Gasteiger partial charge in [0.05, 0.1) is 18.4 Å². The molecule has 1 aliphatic carbocycles. The summed E-state index contributed by atoms with van der Waals surface area (Å²) in [5, 5.41) is 0. The van der Waals surface area contributed by atoms with E-state index in [4.69, 9.17) is 20.2 Å². The Balaban J connectivity index is 1.60. The maximum Gasteiger partial charge on any atom is 0.268 e. The second kappa shape index (κ2) is 13.1. The minimum absolute atomic E-state index is 0.0113. The van der Waals surface area contributed by atoms with Gasteiger partial charge >= 0.3 is 0 Å². The highest BCUT2D eigenvalue weighted by molar-refractivity contribution is 5.71. The number of hydrogen-bond acceptors (Lipinski definition) is 8. The monoisotopic (exact) mass is 576 g/mol. The van der Waals surface area contributed by atoms with Crippen molar-refractivity contribution in [2.24, 2.45) is 5.73 Å². The molecule has 10 heteroatoms. The van der Waals surface area contributed by atoms with Crippen LogP contribution < -0.4 is 15.2 Å². The lowest BCUT2D eigenvalue weighted by Gasteiger charge is -2.22. The zero-order valence-corrected chi connectivity index (χ0v) is 25.0. The number of halogens is 2. The number of aromatic nitrogens is 4. The molecule has 1 aromatic carbocycles. The molecule has 3 aromatic rings. The van der Waals surface area contributed by atoms with Gasteiger partial charge in [0, 0.05) is 43.6 Å². The third kappa shape index (κ3) is 7.10. The summed E-state index contributed by atoms with van der Waals surface area (Å²) in [5.74, 6) is -1.34. The highest BCUT2D eigenvalue weighted by atomic mass is 19.3. The van der Waals surface area contributed by atoms with Crippen LogP contribution in [0.25, 0.3) is 22.7 Å². The van der Waals surface area contributed by atoms with Crippen molar-refractivity contribution in [1.29, 1.82) is 0 Å². The summed E-state index contributed by atoms with van der Waals surface area (Å²) in [4.78, 5) is 19.9.